The van der Waals surface area contributed by atoms with Gasteiger partial charge in [-0.3, -0.25) is 9.69 Å². The number of hydrogen-bond donors (Lipinski definition) is 2. The number of carbonyl (C=O) groups is 1. The Morgan fingerprint density at radius 1 is 1.83 bits per heavy atom. The van der Waals surface area contributed by atoms with Crippen LogP contribution in [0.25, 0.3) is 0 Å². The molecule has 5 heteroatoms. The molecule has 1 saturated heterocycles. The van der Waals surface area contributed by atoms with E-state index in [0.717, 1.165) is 12.2 Å². The molecule has 2 aliphatic rings. The first kappa shape index (κ1) is 8.07. The first-order chi connectivity index (χ1) is 5.68. The number of amides is 1. The molecule has 0 aromatic rings. The molecule has 0 radical (unpaired) electrons. The van der Waals surface area contributed by atoms with Gasteiger partial charge >= 0.3 is 0 Å². The third-order valence-electron chi connectivity index (χ3n) is 2.12. The number of thiocarbonyl (C=S) groups is 1. The largest absolute Gasteiger partial charge is 0.328 e. The van der Waals surface area contributed by atoms with Gasteiger partial charge in [-0.05, 0) is 12.5 Å². The summed E-state index contributed by atoms with van der Waals surface area (Å²) in [5.74, 6) is 0.970. The molecule has 0 unspecified atom stereocenters. The van der Waals surface area contributed by atoms with Crippen LogP contribution in [0.2, 0.25) is 0 Å². The lowest BCUT2D eigenvalue weighted by Crippen LogP contribution is -2.51. The van der Waals surface area contributed by atoms with E-state index in [1.165, 1.54) is 0 Å². The van der Waals surface area contributed by atoms with Crippen molar-refractivity contribution < 1.29 is 4.79 Å². The Labute approximate surface area is 81.2 Å². The molecule has 2 heterocycles. The highest BCUT2D eigenvalue weighted by atomic mass is 32.1. The van der Waals surface area contributed by atoms with E-state index in [4.69, 9.17) is 12.2 Å². The van der Waals surface area contributed by atoms with Crippen molar-refractivity contribution in [1.82, 2.24) is 10.2 Å². The van der Waals surface area contributed by atoms with E-state index in [0.29, 0.717) is 16.8 Å². The van der Waals surface area contributed by atoms with E-state index >= 15 is 0 Å². The maximum atomic E-state index is 11.1. The molecule has 12 heavy (non-hydrogen) atoms. The Bertz CT molecular complexity index is 287. The Hall–Kier alpha value is -0.550. The molecule has 2 rings (SSSR count). The third-order valence-corrected chi connectivity index (χ3v) is 2.34. The molecule has 1 amide bonds. The van der Waals surface area contributed by atoms with Crippen LogP contribution in [0, 0.1) is 0 Å². The summed E-state index contributed by atoms with van der Waals surface area (Å²) in [4.78, 5) is 12.8. The molecular weight excluding hydrogens is 192 g/mol. The number of carbonyl (C=O) groups excluding carboxylic acids is 1. The van der Waals surface area contributed by atoms with Crippen molar-refractivity contribution in [3.8, 4) is 0 Å². The maximum Gasteiger partial charge on any atom is 0.230 e. The van der Waals surface area contributed by atoms with E-state index in [9.17, 15) is 4.79 Å². The molecule has 0 saturated carbocycles. The van der Waals surface area contributed by atoms with Crippen molar-refractivity contribution in [2.24, 2.45) is 0 Å². The van der Waals surface area contributed by atoms with Crippen molar-refractivity contribution in [3.63, 3.8) is 0 Å². The molecule has 64 valence electrons. The topological polar surface area (TPSA) is 32.3 Å². The van der Waals surface area contributed by atoms with Crippen LogP contribution in [-0.4, -0.2) is 21.2 Å². The average molecular weight is 200 g/mol. The molecule has 0 aliphatic carbocycles. The third kappa shape index (κ3) is 1.13. The molecule has 1 N–H and O–H groups in total. The van der Waals surface area contributed by atoms with Gasteiger partial charge in [0.2, 0.25) is 5.91 Å². The lowest BCUT2D eigenvalue weighted by molar-refractivity contribution is -0.141. The van der Waals surface area contributed by atoms with Crippen molar-refractivity contribution >= 4 is 35.1 Å². The van der Waals surface area contributed by atoms with E-state index in [1.807, 2.05) is 6.08 Å². The van der Waals surface area contributed by atoms with Crippen LogP contribution in [0.5, 0.6) is 0 Å². The van der Waals surface area contributed by atoms with Crippen LogP contribution in [0.15, 0.2) is 11.9 Å². The summed E-state index contributed by atoms with van der Waals surface area (Å²) in [6.07, 6.45) is 3.59. The molecule has 1 atom stereocenters. The molecule has 1 fully saturated rings. The Kier molecular flexibility index (Phi) is 1.84. The summed E-state index contributed by atoms with van der Waals surface area (Å²) in [6, 6.07) is 0.377. The summed E-state index contributed by atoms with van der Waals surface area (Å²) in [5, 5.41) is 2.87. The van der Waals surface area contributed by atoms with Gasteiger partial charge in [-0.15, -0.1) is 12.6 Å². The predicted molar refractivity (Wildman–Crippen MR) is 52.7 cm³/mol. The van der Waals surface area contributed by atoms with Gasteiger partial charge in [-0.25, -0.2) is 0 Å². The minimum absolute atomic E-state index is 0.167. The second-order valence-corrected chi connectivity index (χ2v) is 4.03. The van der Waals surface area contributed by atoms with Crippen molar-refractivity contribution in [2.45, 2.75) is 18.9 Å². The Morgan fingerprint density at radius 3 is 3.17 bits per heavy atom. The van der Waals surface area contributed by atoms with Crippen LogP contribution in [-0.2, 0) is 4.79 Å². The van der Waals surface area contributed by atoms with Crippen LogP contribution in [0.3, 0.4) is 0 Å². The number of nitrogens with one attached hydrogen (secondary N) is 1. The van der Waals surface area contributed by atoms with Gasteiger partial charge in [0.25, 0.3) is 0 Å². The normalized spacial score (nSPS) is 26.1. The van der Waals surface area contributed by atoms with E-state index in [1.54, 1.807) is 4.90 Å². The van der Waals surface area contributed by atoms with Crippen LogP contribution >= 0.6 is 24.8 Å². The molecule has 2 aliphatic heterocycles. The summed E-state index contributed by atoms with van der Waals surface area (Å²) >= 11 is 8.70. The first-order valence-corrected chi connectivity index (χ1v) is 4.56. The molecule has 0 aromatic heterocycles. The fourth-order valence-electron chi connectivity index (χ4n) is 1.57. The fourth-order valence-corrected chi connectivity index (χ4v) is 1.79. The monoisotopic (exact) mass is 200 g/mol. The summed E-state index contributed by atoms with van der Waals surface area (Å²) in [6.45, 7) is 0. The zero-order valence-electron chi connectivity index (χ0n) is 6.28. The van der Waals surface area contributed by atoms with Crippen LogP contribution in [0.1, 0.15) is 12.8 Å². The Balaban J connectivity index is 2.07. The lowest BCUT2D eigenvalue weighted by Gasteiger charge is -2.36. The number of β-lactam (4-membered cyclic amide) rings is 1. The van der Waals surface area contributed by atoms with Gasteiger partial charge < -0.3 is 5.32 Å². The van der Waals surface area contributed by atoms with Crippen molar-refractivity contribution in [2.75, 3.05) is 0 Å². The SMILES string of the molecule is O=C1C[C@H]2CC=C(NC(=S)S)N12. The minimum atomic E-state index is 0.167. The van der Waals surface area contributed by atoms with Crippen molar-refractivity contribution in [1.29, 1.82) is 0 Å². The number of rotatable bonds is 1. The van der Waals surface area contributed by atoms with Gasteiger partial charge in [0.15, 0.2) is 0 Å². The number of nitrogens with zero attached hydrogens (tertiary/aromatic N) is 1. The van der Waals surface area contributed by atoms with Gasteiger partial charge in [-0.2, -0.15) is 0 Å². The highest BCUT2D eigenvalue weighted by Crippen LogP contribution is 2.32. The highest BCUT2D eigenvalue weighted by molar-refractivity contribution is 8.11. The smallest absolute Gasteiger partial charge is 0.230 e. The Morgan fingerprint density at radius 2 is 2.58 bits per heavy atom. The predicted octanol–water partition coefficient (Wildman–Crippen LogP) is 0.637. The summed E-state index contributed by atoms with van der Waals surface area (Å²) < 4.78 is 0.404. The van der Waals surface area contributed by atoms with E-state index < -0.39 is 0 Å². The minimum Gasteiger partial charge on any atom is -0.328 e. The van der Waals surface area contributed by atoms with Crippen LogP contribution in [0.4, 0.5) is 0 Å². The fraction of sp³-hybridized carbons (Fsp3) is 0.429. The van der Waals surface area contributed by atoms with Crippen LogP contribution < -0.4 is 5.32 Å². The van der Waals surface area contributed by atoms with E-state index in [2.05, 4.69) is 17.9 Å². The zero-order chi connectivity index (χ0) is 8.72. The van der Waals surface area contributed by atoms with Gasteiger partial charge in [0, 0.05) is 6.42 Å². The van der Waals surface area contributed by atoms with Gasteiger partial charge in [0.1, 0.15) is 10.1 Å². The maximum absolute atomic E-state index is 11.1. The molecular formula is C7H8N2OS2. The lowest BCUT2D eigenvalue weighted by atomic mass is 10.0. The average Bonchev–Trinajstić information content (AvgIpc) is 2.24. The van der Waals surface area contributed by atoms with E-state index in [-0.39, 0.29) is 5.91 Å². The molecule has 0 aromatic carbocycles. The number of thiol groups is 1. The zero-order valence-corrected chi connectivity index (χ0v) is 7.99. The van der Waals surface area contributed by atoms with Crippen molar-refractivity contribution in [3.05, 3.63) is 11.9 Å². The highest BCUT2D eigenvalue weighted by Gasteiger charge is 2.41. The molecule has 3 nitrogen and oxygen atoms in total. The molecule has 0 spiro atoms. The quantitative estimate of drug-likeness (QED) is 0.370. The summed E-state index contributed by atoms with van der Waals surface area (Å²) in [7, 11) is 0. The second kappa shape index (κ2) is 2.74. The molecule has 0 bridgehead atoms. The number of hydrogen-bond acceptors (Lipinski definition) is 2. The summed E-state index contributed by atoms with van der Waals surface area (Å²) in [5.41, 5.74) is 0. The first-order valence-electron chi connectivity index (χ1n) is 3.70. The van der Waals surface area contributed by atoms with Gasteiger partial charge in [0.05, 0.1) is 6.04 Å². The second-order valence-electron chi connectivity index (χ2n) is 2.88. The standard InChI is InChI=1S/C7H8N2OS2/c10-6-3-4-1-2-5(9(4)6)8-7(11)12/h2,4H,1,3H2,(H2,8,11,12)/t4-/m1/s1. The van der Waals surface area contributed by atoms with Gasteiger partial charge in [-0.1, -0.05) is 12.2 Å². The number of fused-ring (bicyclic) bond motifs is 1.